The molecule has 0 aliphatic rings. The van der Waals surface area contributed by atoms with Crippen LogP contribution in [0, 0.1) is 0 Å². The van der Waals surface area contributed by atoms with Gasteiger partial charge >= 0.3 is 0 Å². The first-order valence-corrected chi connectivity index (χ1v) is 7.15. The zero-order chi connectivity index (χ0) is 13.7. The molecular weight excluding hydrogens is 258 g/mol. The van der Waals surface area contributed by atoms with E-state index in [0.29, 0.717) is 12.5 Å². The second-order valence-electron chi connectivity index (χ2n) is 4.66. The number of nitrogens with zero attached hydrogens (tertiary/aromatic N) is 2. The Hall–Kier alpha value is -1.46. The summed E-state index contributed by atoms with van der Waals surface area (Å²) in [4.78, 5) is 4.43. The lowest BCUT2D eigenvalue weighted by Crippen LogP contribution is -1.97. The number of ether oxygens (including phenoxy) is 1. The molecule has 0 atom stereocenters. The van der Waals surface area contributed by atoms with Gasteiger partial charge in [0.15, 0.2) is 0 Å². The molecule has 5 heteroatoms. The van der Waals surface area contributed by atoms with Gasteiger partial charge < -0.3 is 10.1 Å². The molecule has 2 aromatic rings. The Morgan fingerprint density at radius 1 is 1.37 bits per heavy atom. The largest absolute Gasteiger partial charge is 0.384 e. The summed E-state index contributed by atoms with van der Waals surface area (Å²) in [6, 6.07) is 8.40. The Kier molecular flexibility index (Phi) is 4.87. The molecule has 0 spiro atoms. The van der Waals surface area contributed by atoms with Gasteiger partial charge in [0.2, 0.25) is 5.13 Å². The first kappa shape index (κ1) is 14.0. The molecular formula is C14H19N3OS. The highest BCUT2D eigenvalue weighted by molar-refractivity contribution is 7.09. The number of aromatic nitrogens is 2. The summed E-state index contributed by atoms with van der Waals surface area (Å²) >= 11 is 1.38. The van der Waals surface area contributed by atoms with Crippen LogP contribution in [0.5, 0.6) is 0 Å². The molecule has 102 valence electrons. The van der Waals surface area contributed by atoms with Crippen LogP contribution in [0.1, 0.15) is 31.2 Å². The highest BCUT2D eigenvalue weighted by atomic mass is 32.1. The normalized spacial score (nSPS) is 10.9. The lowest BCUT2D eigenvalue weighted by molar-refractivity contribution is 0.201. The van der Waals surface area contributed by atoms with E-state index in [4.69, 9.17) is 4.74 Å². The zero-order valence-corrected chi connectivity index (χ0v) is 12.3. The summed E-state index contributed by atoms with van der Waals surface area (Å²) in [6.45, 7) is 5.03. The minimum absolute atomic E-state index is 0.522. The molecule has 1 heterocycles. The van der Waals surface area contributed by atoms with Crippen molar-refractivity contribution in [3.05, 3.63) is 35.7 Å². The summed E-state index contributed by atoms with van der Waals surface area (Å²) in [7, 11) is 1.68. The third-order valence-electron chi connectivity index (χ3n) is 2.80. The van der Waals surface area contributed by atoms with Gasteiger partial charge in [0, 0.05) is 30.8 Å². The number of benzene rings is 1. The first-order chi connectivity index (χ1) is 9.19. The van der Waals surface area contributed by atoms with Gasteiger partial charge in [-0.2, -0.15) is 4.37 Å². The number of methoxy groups -OCH3 is 1. The molecule has 0 saturated heterocycles. The fraction of sp³-hybridized carbons (Fsp3) is 0.429. The van der Waals surface area contributed by atoms with Crippen molar-refractivity contribution in [2.75, 3.05) is 19.0 Å². The maximum Gasteiger partial charge on any atom is 0.207 e. The molecule has 0 aliphatic heterocycles. The lowest BCUT2D eigenvalue weighted by atomic mass is 10.0. The van der Waals surface area contributed by atoms with Gasteiger partial charge in [0.05, 0.1) is 6.61 Å². The molecule has 19 heavy (non-hydrogen) atoms. The molecule has 1 aromatic carbocycles. The Balaban J connectivity index is 2.04. The minimum Gasteiger partial charge on any atom is -0.384 e. The molecule has 0 unspecified atom stereocenters. The fourth-order valence-electron chi connectivity index (χ4n) is 1.70. The highest BCUT2D eigenvalue weighted by Gasteiger charge is 2.05. The summed E-state index contributed by atoms with van der Waals surface area (Å²) in [6.07, 6.45) is 0.751. The van der Waals surface area contributed by atoms with Gasteiger partial charge in [-0.05, 0) is 23.6 Å². The van der Waals surface area contributed by atoms with Crippen LogP contribution in [0.25, 0.3) is 0 Å². The molecule has 0 fully saturated rings. The summed E-state index contributed by atoms with van der Waals surface area (Å²) in [5.74, 6) is 1.35. The zero-order valence-electron chi connectivity index (χ0n) is 11.5. The molecule has 0 amide bonds. The third kappa shape index (κ3) is 4.01. The van der Waals surface area contributed by atoms with Crippen LogP contribution in [0.15, 0.2) is 24.3 Å². The van der Waals surface area contributed by atoms with Crippen molar-refractivity contribution < 1.29 is 4.74 Å². The molecule has 1 aromatic heterocycles. The van der Waals surface area contributed by atoms with Crippen LogP contribution < -0.4 is 5.32 Å². The van der Waals surface area contributed by atoms with E-state index in [1.165, 1.54) is 17.1 Å². The lowest BCUT2D eigenvalue weighted by Gasteiger charge is -2.08. The van der Waals surface area contributed by atoms with Gasteiger partial charge in [-0.3, -0.25) is 0 Å². The van der Waals surface area contributed by atoms with E-state index < -0.39 is 0 Å². The SMILES string of the molecule is COCCc1nsc(Nc2cccc(C(C)C)c2)n1. The number of hydrogen-bond donors (Lipinski definition) is 1. The Morgan fingerprint density at radius 3 is 2.95 bits per heavy atom. The summed E-state index contributed by atoms with van der Waals surface area (Å²) in [5.41, 5.74) is 2.37. The van der Waals surface area contributed by atoms with E-state index in [-0.39, 0.29) is 0 Å². The van der Waals surface area contributed by atoms with Crippen LogP contribution in [-0.4, -0.2) is 23.1 Å². The van der Waals surface area contributed by atoms with Gasteiger partial charge in [0.25, 0.3) is 0 Å². The predicted molar refractivity (Wildman–Crippen MR) is 79.3 cm³/mol. The molecule has 0 bridgehead atoms. The van der Waals surface area contributed by atoms with Crippen molar-refractivity contribution in [3.63, 3.8) is 0 Å². The molecule has 0 radical (unpaired) electrons. The maximum absolute atomic E-state index is 5.02. The van der Waals surface area contributed by atoms with Crippen molar-refractivity contribution in [1.82, 2.24) is 9.36 Å². The summed E-state index contributed by atoms with van der Waals surface area (Å²) < 4.78 is 9.32. The number of nitrogens with one attached hydrogen (secondary N) is 1. The minimum atomic E-state index is 0.522. The van der Waals surface area contributed by atoms with Gasteiger partial charge in [-0.1, -0.05) is 26.0 Å². The highest BCUT2D eigenvalue weighted by Crippen LogP contribution is 2.22. The Morgan fingerprint density at radius 2 is 2.21 bits per heavy atom. The van der Waals surface area contributed by atoms with Crippen LogP contribution >= 0.6 is 11.5 Å². The van der Waals surface area contributed by atoms with Crippen LogP contribution in [-0.2, 0) is 11.2 Å². The van der Waals surface area contributed by atoms with E-state index in [0.717, 1.165) is 23.1 Å². The second-order valence-corrected chi connectivity index (χ2v) is 5.42. The molecule has 2 rings (SSSR count). The van der Waals surface area contributed by atoms with Crippen LogP contribution in [0.2, 0.25) is 0 Å². The van der Waals surface area contributed by atoms with Crippen molar-refractivity contribution in [2.24, 2.45) is 0 Å². The van der Waals surface area contributed by atoms with Crippen molar-refractivity contribution in [3.8, 4) is 0 Å². The third-order valence-corrected chi connectivity index (χ3v) is 3.47. The summed E-state index contributed by atoms with van der Waals surface area (Å²) in [5, 5.41) is 4.13. The van der Waals surface area contributed by atoms with Gasteiger partial charge in [0.1, 0.15) is 5.82 Å². The Bertz CT molecular complexity index is 525. The fourth-order valence-corrected chi connectivity index (χ4v) is 2.33. The van der Waals surface area contributed by atoms with Crippen molar-refractivity contribution in [2.45, 2.75) is 26.2 Å². The standard InChI is InChI=1S/C14H19N3OS/c1-10(2)11-5-4-6-12(9-11)15-14-16-13(17-19-14)7-8-18-3/h4-6,9-10H,7-8H2,1-3H3,(H,15,16,17). The average Bonchev–Trinajstić information content (AvgIpc) is 2.84. The maximum atomic E-state index is 5.02. The van der Waals surface area contributed by atoms with Crippen molar-refractivity contribution in [1.29, 1.82) is 0 Å². The number of anilines is 2. The molecule has 1 N–H and O–H groups in total. The second kappa shape index (κ2) is 6.63. The van der Waals surface area contributed by atoms with E-state index in [1.807, 2.05) is 6.07 Å². The predicted octanol–water partition coefficient (Wildman–Crippen LogP) is 3.59. The Labute approximate surface area is 118 Å². The topological polar surface area (TPSA) is 47.0 Å². The first-order valence-electron chi connectivity index (χ1n) is 6.37. The van der Waals surface area contributed by atoms with Gasteiger partial charge in [-0.15, -0.1) is 0 Å². The van der Waals surface area contributed by atoms with E-state index in [2.05, 4.69) is 46.7 Å². The van der Waals surface area contributed by atoms with Crippen LogP contribution in [0.4, 0.5) is 10.8 Å². The van der Waals surface area contributed by atoms with Gasteiger partial charge in [-0.25, -0.2) is 4.98 Å². The molecule has 0 saturated carbocycles. The van der Waals surface area contributed by atoms with E-state index in [1.54, 1.807) is 7.11 Å². The van der Waals surface area contributed by atoms with E-state index in [9.17, 15) is 0 Å². The number of rotatable bonds is 6. The van der Waals surface area contributed by atoms with Crippen LogP contribution in [0.3, 0.4) is 0 Å². The quantitative estimate of drug-likeness (QED) is 0.876. The monoisotopic (exact) mass is 277 g/mol. The van der Waals surface area contributed by atoms with E-state index >= 15 is 0 Å². The smallest absolute Gasteiger partial charge is 0.207 e. The molecule has 0 aliphatic carbocycles. The molecule has 4 nitrogen and oxygen atoms in total. The average molecular weight is 277 g/mol. The van der Waals surface area contributed by atoms with Crippen molar-refractivity contribution >= 4 is 22.4 Å². The number of hydrogen-bond acceptors (Lipinski definition) is 5.